The summed E-state index contributed by atoms with van der Waals surface area (Å²) >= 11 is 3.37. The van der Waals surface area contributed by atoms with Gasteiger partial charge in [-0.3, -0.25) is 9.69 Å². The Kier molecular flexibility index (Phi) is 5.92. The van der Waals surface area contributed by atoms with Gasteiger partial charge >= 0.3 is 12.0 Å². The lowest BCUT2D eigenvalue weighted by Crippen LogP contribution is -2.30. The number of benzene rings is 1. The fraction of sp³-hybridized carbons (Fsp3) is 0.211. The van der Waals surface area contributed by atoms with Gasteiger partial charge in [0.15, 0.2) is 11.5 Å². The lowest BCUT2D eigenvalue weighted by molar-refractivity contribution is -0.123. The molecule has 1 aliphatic heterocycles. The van der Waals surface area contributed by atoms with E-state index in [9.17, 15) is 14.4 Å². The van der Waals surface area contributed by atoms with E-state index in [0.717, 1.165) is 4.90 Å². The Morgan fingerprint density at radius 1 is 1.21 bits per heavy atom. The standard InChI is InChI=1S/C19H17BrN2O7/c1-26-15-8-11(20)6-10(16(15)27-2)7-13-17(23)22(19(25)21-13)9-12-4-5-14(29-12)18(24)28-3/h4-8H,9H2,1-3H3,(H,21,25). The first kappa shape index (κ1) is 20.5. The van der Waals surface area contributed by atoms with Gasteiger partial charge in [0.1, 0.15) is 11.5 Å². The highest BCUT2D eigenvalue weighted by Crippen LogP contribution is 2.36. The molecule has 0 unspecified atom stereocenters. The van der Waals surface area contributed by atoms with Gasteiger partial charge in [0.25, 0.3) is 5.91 Å². The predicted octanol–water partition coefficient (Wildman–Crippen LogP) is 2.94. The Morgan fingerprint density at radius 2 is 1.97 bits per heavy atom. The van der Waals surface area contributed by atoms with E-state index < -0.39 is 17.9 Å². The van der Waals surface area contributed by atoms with Crippen LogP contribution in [0.25, 0.3) is 6.08 Å². The highest BCUT2D eigenvalue weighted by molar-refractivity contribution is 9.10. The average molecular weight is 465 g/mol. The van der Waals surface area contributed by atoms with Crippen LogP contribution in [-0.2, 0) is 16.1 Å². The number of halogens is 1. The van der Waals surface area contributed by atoms with E-state index in [2.05, 4.69) is 26.0 Å². The molecule has 3 rings (SSSR count). The fourth-order valence-electron chi connectivity index (χ4n) is 2.77. The molecular formula is C19H17BrN2O7. The number of methoxy groups -OCH3 is 3. The molecule has 0 spiro atoms. The number of furan rings is 1. The van der Waals surface area contributed by atoms with Crippen molar-refractivity contribution in [2.45, 2.75) is 6.54 Å². The van der Waals surface area contributed by atoms with E-state index in [4.69, 9.17) is 13.9 Å². The molecule has 9 nitrogen and oxygen atoms in total. The highest BCUT2D eigenvalue weighted by atomic mass is 79.9. The third-order valence-electron chi connectivity index (χ3n) is 4.10. The molecule has 2 aromatic rings. The van der Waals surface area contributed by atoms with Crippen molar-refractivity contribution >= 4 is 39.9 Å². The third-order valence-corrected chi connectivity index (χ3v) is 4.55. The molecular weight excluding hydrogens is 448 g/mol. The van der Waals surface area contributed by atoms with Crippen LogP contribution in [0.15, 0.2) is 38.9 Å². The van der Waals surface area contributed by atoms with E-state index in [0.29, 0.717) is 21.5 Å². The van der Waals surface area contributed by atoms with Crippen molar-refractivity contribution in [1.29, 1.82) is 0 Å². The zero-order valence-electron chi connectivity index (χ0n) is 15.8. The lowest BCUT2D eigenvalue weighted by atomic mass is 10.1. The zero-order valence-corrected chi connectivity index (χ0v) is 17.4. The molecule has 0 bridgehead atoms. The summed E-state index contributed by atoms with van der Waals surface area (Å²) in [4.78, 5) is 37.4. The van der Waals surface area contributed by atoms with Crippen LogP contribution in [-0.4, -0.2) is 44.1 Å². The first-order valence-electron chi connectivity index (χ1n) is 8.31. The van der Waals surface area contributed by atoms with Gasteiger partial charge in [0, 0.05) is 10.0 Å². The minimum absolute atomic E-state index is 0.0173. The van der Waals surface area contributed by atoms with E-state index in [1.165, 1.54) is 39.5 Å². The summed E-state index contributed by atoms with van der Waals surface area (Å²) in [6.45, 7) is -0.141. The number of carbonyl (C=O) groups excluding carboxylic acids is 3. The van der Waals surface area contributed by atoms with Gasteiger partial charge in [-0.15, -0.1) is 0 Å². The second-order valence-electron chi connectivity index (χ2n) is 5.87. The number of amides is 3. The van der Waals surface area contributed by atoms with Crippen LogP contribution >= 0.6 is 15.9 Å². The maximum absolute atomic E-state index is 12.7. The summed E-state index contributed by atoms with van der Waals surface area (Å²) in [6, 6.07) is 5.74. The highest BCUT2D eigenvalue weighted by Gasteiger charge is 2.34. The summed E-state index contributed by atoms with van der Waals surface area (Å²) < 4.78 is 21.2. The molecule has 1 aliphatic rings. The summed E-state index contributed by atoms with van der Waals surface area (Å²) in [5.74, 6) is -0.0735. The number of nitrogens with one attached hydrogen (secondary N) is 1. The number of ether oxygens (including phenoxy) is 3. The monoisotopic (exact) mass is 464 g/mol. The van der Waals surface area contributed by atoms with Gasteiger partial charge in [0.05, 0.1) is 27.9 Å². The molecule has 1 N–H and O–H groups in total. The molecule has 0 radical (unpaired) electrons. The van der Waals surface area contributed by atoms with Gasteiger partial charge < -0.3 is 23.9 Å². The average Bonchev–Trinajstić information content (AvgIpc) is 3.27. The third kappa shape index (κ3) is 4.11. The van der Waals surface area contributed by atoms with Crippen LogP contribution in [0.4, 0.5) is 4.79 Å². The van der Waals surface area contributed by atoms with Gasteiger partial charge in [0.2, 0.25) is 5.76 Å². The number of imide groups is 1. The second kappa shape index (κ2) is 8.39. The second-order valence-corrected chi connectivity index (χ2v) is 6.78. The summed E-state index contributed by atoms with van der Waals surface area (Å²) in [5.41, 5.74) is 0.600. The summed E-state index contributed by atoms with van der Waals surface area (Å²) in [7, 11) is 4.20. The maximum atomic E-state index is 12.7. The first-order chi connectivity index (χ1) is 13.9. The Hall–Kier alpha value is -3.27. The normalized spacial score (nSPS) is 14.9. The Balaban J connectivity index is 1.86. The molecule has 152 valence electrons. The number of esters is 1. The van der Waals surface area contributed by atoms with Crippen molar-refractivity contribution < 1.29 is 33.0 Å². The molecule has 3 amide bonds. The Labute approximate surface area is 174 Å². The predicted molar refractivity (Wildman–Crippen MR) is 104 cm³/mol. The number of hydrogen-bond acceptors (Lipinski definition) is 7. The molecule has 1 aromatic heterocycles. The van der Waals surface area contributed by atoms with Crippen LogP contribution in [0, 0.1) is 0 Å². The number of carbonyl (C=O) groups is 3. The number of urea groups is 1. The van der Waals surface area contributed by atoms with Crippen LogP contribution in [0.2, 0.25) is 0 Å². The zero-order chi connectivity index (χ0) is 21.1. The van der Waals surface area contributed by atoms with Crippen molar-refractivity contribution in [2.75, 3.05) is 21.3 Å². The van der Waals surface area contributed by atoms with Gasteiger partial charge in [-0.2, -0.15) is 0 Å². The van der Waals surface area contributed by atoms with Gasteiger partial charge in [-0.25, -0.2) is 9.59 Å². The van der Waals surface area contributed by atoms with Crippen molar-refractivity contribution in [3.63, 3.8) is 0 Å². The molecule has 0 aliphatic carbocycles. The minimum atomic E-state index is -0.648. The van der Waals surface area contributed by atoms with Crippen LogP contribution in [0.1, 0.15) is 21.9 Å². The van der Waals surface area contributed by atoms with Crippen LogP contribution in [0.3, 0.4) is 0 Å². The summed E-state index contributed by atoms with van der Waals surface area (Å²) in [6.07, 6.45) is 1.49. The largest absolute Gasteiger partial charge is 0.493 e. The Morgan fingerprint density at radius 3 is 2.62 bits per heavy atom. The maximum Gasteiger partial charge on any atom is 0.373 e. The quantitative estimate of drug-likeness (QED) is 0.397. The number of nitrogens with zero attached hydrogens (tertiary/aromatic N) is 1. The smallest absolute Gasteiger partial charge is 0.373 e. The lowest BCUT2D eigenvalue weighted by Gasteiger charge is -2.12. The SMILES string of the molecule is COC(=O)c1ccc(CN2C(=O)NC(=Cc3cc(Br)cc(OC)c3OC)C2=O)o1. The van der Waals surface area contributed by atoms with Crippen molar-refractivity contribution in [1.82, 2.24) is 10.2 Å². The first-order valence-corrected chi connectivity index (χ1v) is 9.10. The molecule has 2 heterocycles. The van der Waals surface area contributed by atoms with Gasteiger partial charge in [-0.05, 0) is 30.3 Å². The van der Waals surface area contributed by atoms with Gasteiger partial charge in [-0.1, -0.05) is 15.9 Å². The van der Waals surface area contributed by atoms with Crippen molar-refractivity contribution in [3.05, 3.63) is 51.5 Å². The van der Waals surface area contributed by atoms with E-state index in [1.807, 2.05) is 0 Å². The molecule has 10 heteroatoms. The molecule has 1 fully saturated rings. The molecule has 0 atom stereocenters. The van der Waals surface area contributed by atoms with E-state index in [-0.39, 0.29) is 23.8 Å². The Bertz CT molecular complexity index is 1010. The van der Waals surface area contributed by atoms with Crippen molar-refractivity contribution in [3.8, 4) is 11.5 Å². The topological polar surface area (TPSA) is 107 Å². The van der Waals surface area contributed by atoms with Crippen LogP contribution in [0.5, 0.6) is 11.5 Å². The number of hydrogen-bond donors (Lipinski definition) is 1. The molecule has 1 aromatic carbocycles. The van der Waals surface area contributed by atoms with Crippen molar-refractivity contribution in [2.24, 2.45) is 0 Å². The minimum Gasteiger partial charge on any atom is -0.493 e. The fourth-order valence-corrected chi connectivity index (χ4v) is 3.22. The van der Waals surface area contributed by atoms with E-state index in [1.54, 1.807) is 12.1 Å². The number of rotatable bonds is 6. The molecule has 1 saturated heterocycles. The molecule has 0 saturated carbocycles. The molecule has 29 heavy (non-hydrogen) atoms. The summed E-state index contributed by atoms with van der Waals surface area (Å²) in [5, 5.41) is 2.53. The van der Waals surface area contributed by atoms with E-state index >= 15 is 0 Å². The van der Waals surface area contributed by atoms with Crippen LogP contribution < -0.4 is 14.8 Å².